The summed E-state index contributed by atoms with van der Waals surface area (Å²) in [6.07, 6.45) is 0.918. The molecule has 1 atom stereocenters. The standard InChI is InChI=1S/C26H31N3O5/c1-33-22-9-8-19(16-23(22)34-2)10-11-29-18-21(17-24(29)30)26(32)28-14-12-27(13-15-28)25(31)20-6-4-3-5-7-20/h3-9,16,21H,10-15,17-18H2,1-2H3. The Morgan fingerprint density at radius 3 is 2.26 bits per heavy atom. The van der Waals surface area contributed by atoms with Gasteiger partial charge >= 0.3 is 0 Å². The van der Waals surface area contributed by atoms with Gasteiger partial charge in [-0.1, -0.05) is 24.3 Å². The third-order valence-electron chi connectivity index (χ3n) is 6.58. The normalized spacial score (nSPS) is 18.2. The second kappa shape index (κ2) is 10.6. The summed E-state index contributed by atoms with van der Waals surface area (Å²) in [7, 11) is 3.19. The van der Waals surface area contributed by atoms with Gasteiger partial charge in [-0.05, 0) is 36.2 Å². The average molecular weight is 466 g/mol. The van der Waals surface area contributed by atoms with E-state index in [2.05, 4.69) is 0 Å². The highest BCUT2D eigenvalue weighted by Gasteiger charge is 2.37. The lowest BCUT2D eigenvalue weighted by Crippen LogP contribution is -2.52. The highest BCUT2D eigenvalue weighted by Crippen LogP contribution is 2.28. The fourth-order valence-electron chi connectivity index (χ4n) is 4.61. The van der Waals surface area contributed by atoms with Crippen molar-refractivity contribution in [1.29, 1.82) is 0 Å². The molecule has 3 amide bonds. The van der Waals surface area contributed by atoms with Crippen LogP contribution in [0.1, 0.15) is 22.3 Å². The summed E-state index contributed by atoms with van der Waals surface area (Å²) < 4.78 is 10.6. The molecular formula is C26H31N3O5. The van der Waals surface area contributed by atoms with Crippen LogP contribution in [0.5, 0.6) is 11.5 Å². The number of hydrogen-bond donors (Lipinski definition) is 0. The molecular weight excluding hydrogens is 434 g/mol. The molecule has 180 valence electrons. The molecule has 2 heterocycles. The smallest absolute Gasteiger partial charge is 0.253 e. The second-order valence-electron chi connectivity index (χ2n) is 8.66. The SMILES string of the molecule is COc1ccc(CCN2CC(C(=O)N3CCN(C(=O)c4ccccc4)CC3)CC2=O)cc1OC. The number of carbonyl (C=O) groups is 3. The number of rotatable bonds is 7. The molecule has 2 aliphatic heterocycles. The van der Waals surface area contributed by atoms with Gasteiger partial charge in [-0.2, -0.15) is 0 Å². The minimum atomic E-state index is -0.325. The Kier molecular flexibility index (Phi) is 7.35. The van der Waals surface area contributed by atoms with Crippen LogP contribution in [-0.4, -0.2) is 85.9 Å². The lowest BCUT2D eigenvalue weighted by molar-refractivity contribution is -0.137. The van der Waals surface area contributed by atoms with E-state index in [1.165, 1.54) is 0 Å². The van der Waals surface area contributed by atoms with E-state index in [-0.39, 0.29) is 30.1 Å². The molecule has 1 unspecified atom stereocenters. The number of methoxy groups -OCH3 is 2. The van der Waals surface area contributed by atoms with Crippen molar-refractivity contribution < 1.29 is 23.9 Å². The Morgan fingerprint density at radius 1 is 0.912 bits per heavy atom. The lowest BCUT2D eigenvalue weighted by Gasteiger charge is -2.36. The number of likely N-dealkylation sites (tertiary alicyclic amines) is 1. The zero-order valence-electron chi connectivity index (χ0n) is 19.7. The number of ether oxygens (including phenoxy) is 2. The minimum Gasteiger partial charge on any atom is -0.493 e. The maximum absolute atomic E-state index is 13.1. The topological polar surface area (TPSA) is 79.4 Å². The molecule has 0 bridgehead atoms. The van der Waals surface area contributed by atoms with Crippen LogP contribution in [0.15, 0.2) is 48.5 Å². The fraction of sp³-hybridized carbons (Fsp3) is 0.423. The summed E-state index contributed by atoms with van der Waals surface area (Å²) in [4.78, 5) is 43.6. The van der Waals surface area contributed by atoms with E-state index in [4.69, 9.17) is 9.47 Å². The first-order chi connectivity index (χ1) is 16.5. The highest BCUT2D eigenvalue weighted by atomic mass is 16.5. The molecule has 2 aromatic carbocycles. The summed E-state index contributed by atoms with van der Waals surface area (Å²) in [5, 5.41) is 0. The van der Waals surface area contributed by atoms with Gasteiger partial charge in [-0.25, -0.2) is 0 Å². The third kappa shape index (κ3) is 5.16. The monoisotopic (exact) mass is 465 g/mol. The Hall–Kier alpha value is -3.55. The number of benzene rings is 2. The maximum atomic E-state index is 13.1. The van der Waals surface area contributed by atoms with Crippen LogP contribution < -0.4 is 9.47 Å². The predicted molar refractivity (Wildman–Crippen MR) is 127 cm³/mol. The van der Waals surface area contributed by atoms with Crippen LogP contribution in [0, 0.1) is 5.92 Å². The van der Waals surface area contributed by atoms with Crippen LogP contribution in [0.25, 0.3) is 0 Å². The number of hydrogen-bond acceptors (Lipinski definition) is 5. The van der Waals surface area contributed by atoms with Crippen molar-refractivity contribution in [3.05, 3.63) is 59.7 Å². The molecule has 2 fully saturated rings. The van der Waals surface area contributed by atoms with Gasteiger partial charge in [0, 0.05) is 51.3 Å². The van der Waals surface area contributed by atoms with Crippen molar-refractivity contribution in [2.24, 2.45) is 5.92 Å². The van der Waals surface area contributed by atoms with Crippen LogP contribution in [0.3, 0.4) is 0 Å². The molecule has 0 N–H and O–H groups in total. The maximum Gasteiger partial charge on any atom is 0.253 e. The predicted octanol–water partition coefficient (Wildman–Crippen LogP) is 2.08. The van der Waals surface area contributed by atoms with Crippen molar-refractivity contribution in [3.8, 4) is 11.5 Å². The molecule has 0 spiro atoms. The largest absolute Gasteiger partial charge is 0.493 e. The Morgan fingerprint density at radius 2 is 1.59 bits per heavy atom. The first kappa shape index (κ1) is 23.6. The van der Waals surface area contributed by atoms with Crippen molar-refractivity contribution in [1.82, 2.24) is 14.7 Å². The fourth-order valence-corrected chi connectivity index (χ4v) is 4.61. The van der Waals surface area contributed by atoms with Gasteiger partial charge in [0.05, 0.1) is 20.1 Å². The second-order valence-corrected chi connectivity index (χ2v) is 8.66. The molecule has 34 heavy (non-hydrogen) atoms. The third-order valence-corrected chi connectivity index (χ3v) is 6.58. The van der Waals surface area contributed by atoms with Crippen LogP contribution in [-0.2, 0) is 16.0 Å². The highest BCUT2D eigenvalue weighted by molar-refractivity contribution is 5.94. The molecule has 0 saturated carbocycles. The van der Waals surface area contributed by atoms with Crippen LogP contribution >= 0.6 is 0 Å². The molecule has 8 nitrogen and oxygen atoms in total. The van der Waals surface area contributed by atoms with Gasteiger partial charge in [0.1, 0.15) is 0 Å². The molecule has 4 rings (SSSR count). The first-order valence-electron chi connectivity index (χ1n) is 11.6. The van der Waals surface area contributed by atoms with Gasteiger partial charge in [0.2, 0.25) is 11.8 Å². The van der Waals surface area contributed by atoms with E-state index >= 15 is 0 Å². The van der Waals surface area contributed by atoms with Crippen molar-refractivity contribution in [3.63, 3.8) is 0 Å². The van der Waals surface area contributed by atoms with Gasteiger partial charge in [0.25, 0.3) is 5.91 Å². The lowest BCUT2D eigenvalue weighted by atomic mass is 10.1. The van der Waals surface area contributed by atoms with E-state index in [0.717, 1.165) is 5.56 Å². The zero-order valence-corrected chi connectivity index (χ0v) is 19.7. The molecule has 2 saturated heterocycles. The van der Waals surface area contributed by atoms with E-state index in [9.17, 15) is 14.4 Å². The summed E-state index contributed by atoms with van der Waals surface area (Å²) in [5.74, 6) is 1.01. The molecule has 0 aromatic heterocycles. The summed E-state index contributed by atoms with van der Waals surface area (Å²) >= 11 is 0. The Bertz CT molecular complexity index is 1030. The summed E-state index contributed by atoms with van der Waals surface area (Å²) in [6.45, 7) is 2.99. The van der Waals surface area contributed by atoms with Gasteiger partial charge in [0.15, 0.2) is 11.5 Å². The van der Waals surface area contributed by atoms with Crippen LogP contribution in [0.4, 0.5) is 0 Å². The van der Waals surface area contributed by atoms with E-state index in [1.54, 1.807) is 41.1 Å². The number of amides is 3. The minimum absolute atomic E-state index is 0.00813. The van der Waals surface area contributed by atoms with Crippen molar-refractivity contribution in [2.75, 3.05) is 53.5 Å². The molecule has 2 aliphatic rings. The number of carbonyl (C=O) groups excluding carboxylic acids is 3. The zero-order chi connectivity index (χ0) is 24.1. The van der Waals surface area contributed by atoms with E-state index in [1.807, 2.05) is 36.4 Å². The van der Waals surface area contributed by atoms with E-state index < -0.39 is 0 Å². The first-order valence-corrected chi connectivity index (χ1v) is 11.6. The van der Waals surface area contributed by atoms with Crippen LogP contribution in [0.2, 0.25) is 0 Å². The summed E-state index contributed by atoms with van der Waals surface area (Å²) in [6, 6.07) is 14.9. The van der Waals surface area contributed by atoms with Gasteiger partial charge in [-0.3, -0.25) is 14.4 Å². The summed E-state index contributed by atoms with van der Waals surface area (Å²) in [5.41, 5.74) is 1.70. The quantitative estimate of drug-likeness (QED) is 0.626. The number of nitrogens with zero attached hydrogens (tertiary/aromatic N) is 3. The molecule has 2 aromatic rings. The molecule has 8 heteroatoms. The average Bonchev–Trinajstić information content (AvgIpc) is 3.27. The Labute approximate surface area is 200 Å². The molecule has 0 radical (unpaired) electrons. The Balaban J connectivity index is 1.27. The van der Waals surface area contributed by atoms with Crippen molar-refractivity contribution in [2.45, 2.75) is 12.8 Å². The van der Waals surface area contributed by atoms with Gasteiger partial charge in [-0.15, -0.1) is 0 Å². The van der Waals surface area contributed by atoms with Gasteiger partial charge < -0.3 is 24.2 Å². The van der Waals surface area contributed by atoms with E-state index in [0.29, 0.717) is 62.8 Å². The number of piperazine rings is 1. The molecule has 0 aliphatic carbocycles. The van der Waals surface area contributed by atoms with Crippen molar-refractivity contribution >= 4 is 17.7 Å².